The average molecular weight is 279 g/mol. The maximum atomic E-state index is 11.8. The van der Waals surface area contributed by atoms with Crippen molar-refractivity contribution in [3.8, 4) is 0 Å². The summed E-state index contributed by atoms with van der Waals surface area (Å²) in [4.78, 5) is 0. The van der Waals surface area contributed by atoms with Gasteiger partial charge in [0.1, 0.15) is 0 Å². The molecule has 0 radical (unpaired) electrons. The van der Waals surface area contributed by atoms with Gasteiger partial charge in [-0.3, -0.25) is 0 Å². The highest BCUT2D eigenvalue weighted by molar-refractivity contribution is 7.90. The van der Waals surface area contributed by atoms with Crippen LogP contribution in [-0.2, 0) is 15.6 Å². The predicted octanol–water partition coefficient (Wildman–Crippen LogP) is 3.47. The van der Waals surface area contributed by atoms with Crippen LogP contribution in [0.5, 0.6) is 0 Å². The molecule has 0 unspecified atom stereocenters. The lowest BCUT2D eigenvalue weighted by molar-refractivity contribution is 0.595. The second-order valence-electron chi connectivity index (χ2n) is 5.35. The van der Waals surface area contributed by atoms with E-state index in [9.17, 15) is 8.42 Å². The largest absolute Gasteiger partial charge is 0.345 e. The Hall–Kier alpha value is -1.29. The molecule has 0 saturated heterocycles. The van der Waals surface area contributed by atoms with Gasteiger partial charge in [-0.1, -0.05) is 19.1 Å². The van der Waals surface area contributed by atoms with Gasteiger partial charge in [0, 0.05) is 28.9 Å². The van der Waals surface area contributed by atoms with Gasteiger partial charge < -0.3 is 4.57 Å². The van der Waals surface area contributed by atoms with E-state index in [0.29, 0.717) is 6.04 Å². The van der Waals surface area contributed by atoms with Crippen LogP contribution in [0.2, 0.25) is 0 Å². The number of rotatable bonds is 4. The highest BCUT2D eigenvalue weighted by Gasteiger charge is 2.16. The average Bonchev–Trinajstić information content (AvgIpc) is 2.67. The van der Waals surface area contributed by atoms with Crippen LogP contribution < -0.4 is 0 Å². The Morgan fingerprint density at radius 2 is 1.95 bits per heavy atom. The molecule has 19 heavy (non-hydrogen) atoms. The molecule has 0 spiro atoms. The third-order valence-corrected chi connectivity index (χ3v) is 5.07. The topological polar surface area (TPSA) is 39.1 Å². The van der Waals surface area contributed by atoms with Crippen molar-refractivity contribution in [2.75, 3.05) is 5.75 Å². The molecule has 0 bridgehead atoms. The lowest BCUT2D eigenvalue weighted by Crippen LogP contribution is -2.06. The number of sulfone groups is 1. The van der Waals surface area contributed by atoms with E-state index >= 15 is 0 Å². The third-order valence-electron chi connectivity index (χ3n) is 3.44. The minimum atomic E-state index is -3.00. The normalized spacial score (nSPS) is 12.5. The molecular weight excluding hydrogens is 258 g/mol. The van der Waals surface area contributed by atoms with Crippen LogP contribution in [-0.4, -0.2) is 18.7 Å². The molecule has 2 aromatic rings. The summed E-state index contributed by atoms with van der Waals surface area (Å²) in [6.07, 6.45) is 1.99. The summed E-state index contributed by atoms with van der Waals surface area (Å²) in [7, 11) is -3.00. The standard InChI is InChI=1S/C15H21NO2S/c1-5-19(17,18)10-13-9-16(11(2)3)15-8-12(4)6-7-14(13)15/h6-9,11H,5,10H2,1-4H3. The summed E-state index contributed by atoms with van der Waals surface area (Å²) in [5.41, 5.74) is 3.22. The van der Waals surface area contributed by atoms with Gasteiger partial charge >= 0.3 is 0 Å². The van der Waals surface area contributed by atoms with Gasteiger partial charge in [-0.2, -0.15) is 0 Å². The van der Waals surface area contributed by atoms with E-state index in [1.54, 1.807) is 6.92 Å². The molecule has 0 saturated carbocycles. The fourth-order valence-electron chi connectivity index (χ4n) is 2.32. The molecule has 0 fully saturated rings. The molecule has 1 aromatic heterocycles. The fraction of sp³-hybridized carbons (Fsp3) is 0.467. The number of aryl methyl sites for hydroxylation is 1. The summed E-state index contributed by atoms with van der Waals surface area (Å²) in [6, 6.07) is 6.51. The Labute approximate surface area is 115 Å². The maximum Gasteiger partial charge on any atom is 0.154 e. The zero-order chi connectivity index (χ0) is 14.2. The van der Waals surface area contributed by atoms with E-state index in [-0.39, 0.29) is 11.5 Å². The van der Waals surface area contributed by atoms with Gasteiger partial charge in [0.25, 0.3) is 0 Å². The van der Waals surface area contributed by atoms with Crippen LogP contribution in [0, 0.1) is 6.92 Å². The summed E-state index contributed by atoms with van der Waals surface area (Å²) in [6.45, 7) is 7.97. The lowest BCUT2D eigenvalue weighted by atomic mass is 10.1. The van der Waals surface area contributed by atoms with Crippen molar-refractivity contribution in [2.24, 2.45) is 0 Å². The molecule has 0 aliphatic carbocycles. The highest BCUT2D eigenvalue weighted by Crippen LogP contribution is 2.27. The Kier molecular flexibility index (Phi) is 3.72. The first-order chi connectivity index (χ1) is 8.84. The van der Waals surface area contributed by atoms with Crippen molar-refractivity contribution in [3.63, 3.8) is 0 Å². The SMILES string of the molecule is CCS(=O)(=O)Cc1cn(C(C)C)c2cc(C)ccc12. The Morgan fingerprint density at radius 1 is 1.26 bits per heavy atom. The number of nitrogens with zero attached hydrogens (tertiary/aromatic N) is 1. The predicted molar refractivity (Wildman–Crippen MR) is 80.2 cm³/mol. The molecule has 1 heterocycles. The van der Waals surface area contributed by atoms with Crippen molar-refractivity contribution in [1.82, 2.24) is 4.57 Å². The number of aromatic nitrogens is 1. The zero-order valence-electron chi connectivity index (χ0n) is 12.0. The number of hydrogen-bond acceptors (Lipinski definition) is 2. The Balaban J connectivity index is 2.63. The second-order valence-corrected chi connectivity index (χ2v) is 7.71. The van der Waals surface area contributed by atoms with Crippen LogP contribution >= 0.6 is 0 Å². The quantitative estimate of drug-likeness (QED) is 0.859. The summed E-state index contributed by atoms with van der Waals surface area (Å²) < 4.78 is 25.9. The van der Waals surface area contributed by atoms with E-state index in [4.69, 9.17) is 0 Å². The lowest BCUT2D eigenvalue weighted by Gasteiger charge is -2.09. The minimum absolute atomic E-state index is 0.128. The van der Waals surface area contributed by atoms with E-state index in [2.05, 4.69) is 31.4 Å². The molecule has 0 aliphatic heterocycles. The van der Waals surface area contributed by atoms with Gasteiger partial charge in [0.15, 0.2) is 9.84 Å². The van der Waals surface area contributed by atoms with Crippen LogP contribution in [0.25, 0.3) is 10.9 Å². The van der Waals surface area contributed by atoms with E-state index in [1.807, 2.05) is 18.3 Å². The van der Waals surface area contributed by atoms with E-state index in [1.165, 1.54) is 5.56 Å². The first kappa shape index (κ1) is 14.1. The van der Waals surface area contributed by atoms with Crippen molar-refractivity contribution < 1.29 is 8.42 Å². The van der Waals surface area contributed by atoms with Crippen LogP contribution in [0.3, 0.4) is 0 Å². The first-order valence-electron chi connectivity index (χ1n) is 6.64. The smallest absolute Gasteiger partial charge is 0.154 e. The van der Waals surface area contributed by atoms with Gasteiger partial charge in [-0.05, 0) is 38.0 Å². The molecular formula is C15H21NO2S. The minimum Gasteiger partial charge on any atom is -0.345 e. The van der Waals surface area contributed by atoms with Crippen molar-refractivity contribution in [2.45, 2.75) is 39.5 Å². The molecule has 3 nitrogen and oxygen atoms in total. The van der Waals surface area contributed by atoms with Crippen LogP contribution in [0.15, 0.2) is 24.4 Å². The second kappa shape index (κ2) is 5.00. The Morgan fingerprint density at radius 3 is 2.53 bits per heavy atom. The van der Waals surface area contributed by atoms with Gasteiger partial charge in [0.05, 0.1) is 5.75 Å². The zero-order valence-corrected chi connectivity index (χ0v) is 12.8. The highest BCUT2D eigenvalue weighted by atomic mass is 32.2. The molecule has 0 amide bonds. The summed E-state index contributed by atoms with van der Waals surface area (Å²) in [5.74, 6) is 0.315. The van der Waals surface area contributed by atoms with Gasteiger partial charge in [0.2, 0.25) is 0 Å². The fourth-order valence-corrected chi connectivity index (χ4v) is 3.22. The molecule has 1 aromatic carbocycles. The number of hydrogen-bond donors (Lipinski definition) is 0. The Bertz CT molecular complexity index is 696. The summed E-state index contributed by atoms with van der Waals surface area (Å²) >= 11 is 0. The molecule has 0 aliphatic rings. The van der Waals surface area contributed by atoms with Crippen LogP contribution in [0.4, 0.5) is 0 Å². The van der Waals surface area contributed by atoms with Crippen LogP contribution in [0.1, 0.15) is 37.9 Å². The third kappa shape index (κ3) is 2.84. The van der Waals surface area contributed by atoms with E-state index in [0.717, 1.165) is 16.5 Å². The van der Waals surface area contributed by atoms with Crippen molar-refractivity contribution in [3.05, 3.63) is 35.5 Å². The molecule has 4 heteroatoms. The molecule has 0 N–H and O–H groups in total. The van der Waals surface area contributed by atoms with Crippen molar-refractivity contribution >= 4 is 20.7 Å². The first-order valence-corrected chi connectivity index (χ1v) is 8.46. The van der Waals surface area contributed by atoms with Gasteiger partial charge in [-0.25, -0.2) is 8.42 Å². The maximum absolute atomic E-state index is 11.8. The molecule has 0 atom stereocenters. The molecule has 2 rings (SSSR count). The van der Waals surface area contributed by atoms with Crippen molar-refractivity contribution in [1.29, 1.82) is 0 Å². The number of fused-ring (bicyclic) bond motifs is 1. The van der Waals surface area contributed by atoms with E-state index < -0.39 is 9.84 Å². The van der Waals surface area contributed by atoms with Gasteiger partial charge in [-0.15, -0.1) is 0 Å². The number of benzene rings is 1. The monoisotopic (exact) mass is 279 g/mol. The molecule has 104 valence electrons. The summed E-state index contributed by atoms with van der Waals surface area (Å²) in [5, 5.41) is 1.05.